The fourth-order valence-corrected chi connectivity index (χ4v) is 3.20. The minimum Gasteiger partial charge on any atom is -0.497 e. The van der Waals surface area contributed by atoms with Gasteiger partial charge < -0.3 is 9.47 Å². The van der Waals surface area contributed by atoms with Gasteiger partial charge in [-0.05, 0) is 52.9 Å². The molecule has 0 saturated carbocycles. The second-order valence-electron chi connectivity index (χ2n) is 4.84. The third-order valence-corrected chi connectivity index (χ3v) is 4.64. The van der Waals surface area contributed by atoms with E-state index in [0.717, 1.165) is 11.4 Å². The van der Waals surface area contributed by atoms with Gasteiger partial charge in [0.15, 0.2) is 0 Å². The maximum absolute atomic E-state index is 6.08. The zero-order valence-electron chi connectivity index (χ0n) is 13.2. The van der Waals surface area contributed by atoms with Gasteiger partial charge in [0.25, 0.3) is 0 Å². The molecule has 0 saturated heterocycles. The van der Waals surface area contributed by atoms with E-state index in [9.17, 15) is 0 Å². The van der Waals surface area contributed by atoms with Crippen molar-refractivity contribution in [1.29, 1.82) is 0 Å². The molecule has 3 rings (SSSR count). The average molecular weight is 397 g/mol. The number of thioether (sulfide) groups is 1. The van der Waals surface area contributed by atoms with Crippen molar-refractivity contribution in [3.63, 3.8) is 0 Å². The number of rotatable bonds is 7. The van der Waals surface area contributed by atoms with Gasteiger partial charge in [-0.1, -0.05) is 35.0 Å². The van der Waals surface area contributed by atoms with Crippen LogP contribution >= 0.6 is 35.0 Å². The van der Waals surface area contributed by atoms with Gasteiger partial charge in [0.1, 0.15) is 11.5 Å². The average Bonchev–Trinajstić information content (AvgIpc) is 3.09. The van der Waals surface area contributed by atoms with E-state index >= 15 is 0 Å². The lowest BCUT2D eigenvalue weighted by atomic mass is 10.3. The number of ether oxygens (including phenoxy) is 2. The molecule has 0 unspecified atom stereocenters. The van der Waals surface area contributed by atoms with Crippen molar-refractivity contribution in [2.24, 2.45) is 0 Å². The quantitative estimate of drug-likeness (QED) is 0.441. The topological polar surface area (TPSA) is 62.1 Å². The van der Waals surface area contributed by atoms with Crippen LogP contribution in [0, 0.1) is 0 Å². The van der Waals surface area contributed by atoms with Crippen LogP contribution < -0.4 is 9.47 Å². The molecule has 9 heteroatoms. The third kappa shape index (κ3) is 4.56. The predicted molar refractivity (Wildman–Crippen MR) is 98.4 cm³/mol. The molecule has 0 bridgehead atoms. The Morgan fingerprint density at radius 3 is 2.64 bits per heavy atom. The van der Waals surface area contributed by atoms with E-state index in [2.05, 4.69) is 15.5 Å². The first-order chi connectivity index (χ1) is 12.2. The van der Waals surface area contributed by atoms with Gasteiger partial charge in [0, 0.05) is 10.8 Å². The highest BCUT2D eigenvalue weighted by molar-refractivity contribution is 7.99. The molecular weight excluding hydrogens is 383 g/mol. The summed E-state index contributed by atoms with van der Waals surface area (Å²) in [6.07, 6.45) is 0. The van der Waals surface area contributed by atoms with Crippen molar-refractivity contribution in [2.75, 3.05) is 19.5 Å². The summed E-state index contributed by atoms with van der Waals surface area (Å²) in [4.78, 5) is 0. The van der Waals surface area contributed by atoms with Crippen LogP contribution in [0.4, 0.5) is 0 Å². The maximum atomic E-state index is 6.08. The Morgan fingerprint density at radius 2 is 1.92 bits per heavy atom. The third-order valence-electron chi connectivity index (χ3n) is 3.22. The SMILES string of the molecule is COc1ccc(-n2nnnc2SCCOc2ccc(Cl)cc2Cl)cc1. The highest BCUT2D eigenvalue weighted by Crippen LogP contribution is 2.28. The van der Waals surface area contributed by atoms with Crippen LogP contribution in [0.1, 0.15) is 0 Å². The monoisotopic (exact) mass is 396 g/mol. The molecule has 0 aliphatic heterocycles. The summed E-state index contributed by atoms with van der Waals surface area (Å²) in [5.74, 6) is 2.04. The molecule has 0 aliphatic rings. The van der Waals surface area contributed by atoms with E-state index in [-0.39, 0.29) is 0 Å². The van der Waals surface area contributed by atoms with E-state index in [4.69, 9.17) is 32.7 Å². The fraction of sp³-hybridized carbons (Fsp3) is 0.188. The van der Waals surface area contributed by atoms with Gasteiger partial charge in [0.05, 0.1) is 24.4 Å². The fourth-order valence-electron chi connectivity index (χ4n) is 2.03. The first-order valence-electron chi connectivity index (χ1n) is 7.31. The van der Waals surface area contributed by atoms with Gasteiger partial charge in [-0.15, -0.1) is 5.10 Å². The molecule has 1 heterocycles. The molecule has 0 spiro atoms. The number of tetrazole rings is 1. The lowest BCUT2D eigenvalue weighted by Gasteiger charge is -2.08. The summed E-state index contributed by atoms with van der Waals surface area (Å²) < 4.78 is 12.5. The molecule has 3 aromatic rings. The van der Waals surface area contributed by atoms with Crippen LogP contribution in [0.15, 0.2) is 47.6 Å². The van der Waals surface area contributed by atoms with Crippen LogP contribution in [0.25, 0.3) is 5.69 Å². The largest absolute Gasteiger partial charge is 0.497 e. The van der Waals surface area contributed by atoms with Crippen molar-refractivity contribution in [3.05, 3.63) is 52.5 Å². The van der Waals surface area contributed by atoms with Gasteiger partial charge in [-0.25, -0.2) is 0 Å². The van der Waals surface area contributed by atoms with Crippen LogP contribution in [0.2, 0.25) is 10.0 Å². The Morgan fingerprint density at radius 1 is 1.12 bits per heavy atom. The number of halogens is 2. The summed E-state index contributed by atoms with van der Waals surface area (Å²) in [5, 5.41) is 13.5. The molecule has 130 valence electrons. The molecular formula is C16H14Cl2N4O2S. The van der Waals surface area contributed by atoms with Crippen LogP contribution in [0.5, 0.6) is 11.5 Å². The molecule has 1 aromatic heterocycles. The molecule has 6 nitrogen and oxygen atoms in total. The zero-order valence-corrected chi connectivity index (χ0v) is 15.6. The van der Waals surface area contributed by atoms with Crippen LogP contribution in [0.3, 0.4) is 0 Å². The molecule has 2 aromatic carbocycles. The standard InChI is InChI=1S/C16H14Cl2N4O2S/c1-23-13-5-3-12(4-6-13)22-16(19-20-21-22)25-9-8-24-15-7-2-11(17)10-14(15)18/h2-7,10H,8-9H2,1H3. The summed E-state index contributed by atoms with van der Waals surface area (Å²) in [5.41, 5.74) is 0.856. The Labute approximate surface area is 159 Å². The molecule has 0 N–H and O–H groups in total. The first kappa shape index (κ1) is 17.8. The summed E-state index contributed by atoms with van der Waals surface area (Å²) in [6.45, 7) is 0.460. The Balaban J connectivity index is 1.58. The van der Waals surface area contributed by atoms with E-state index < -0.39 is 0 Å². The molecule has 0 atom stereocenters. The smallest absolute Gasteiger partial charge is 0.214 e. The Bertz CT molecular complexity index is 842. The highest BCUT2D eigenvalue weighted by Gasteiger charge is 2.09. The second kappa shape index (κ2) is 8.42. The van der Waals surface area contributed by atoms with Crippen molar-refractivity contribution in [2.45, 2.75) is 5.16 Å². The van der Waals surface area contributed by atoms with E-state index in [0.29, 0.717) is 33.3 Å². The number of hydrogen-bond acceptors (Lipinski definition) is 6. The van der Waals surface area contributed by atoms with Crippen molar-refractivity contribution in [3.8, 4) is 17.2 Å². The normalized spacial score (nSPS) is 10.7. The first-order valence-corrected chi connectivity index (χ1v) is 9.05. The number of methoxy groups -OCH3 is 1. The van der Waals surface area contributed by atoms with Crippen molar-refractivity contribution >= 4 is 35.0 Å². The van der Waals surface area contributed by atoms with Gasteiger partial charge in [-0.2, -0.15) is 4.68 Å². The number of aromatic nitrogens is 4. The molecule has 0 radical (unpaired) electrons. The maximum Gasteiger partial charge on any atom is 0.214 e. The van der Waals surface area contributed by atoms with Crippen LogP contribution in [-0.2, 0) is 0 Å². The minimum atomic E-state index is 0.460. The predicted octanol–water partition coefficient (Wildman–Crippen LogP) is 4.15. The second-order valence-corrected chi connectivity index (χ2v) is 6.75. The highest BCUT2D eigenvalue weighted by atomic mass is 35.5. The summed E-state index contributed by atoms with van der Waals surface area (Å²) in [7, 11) is 1.63. The summed E-state index contributed by atoms with van der Waals surface area (Å²) >= 11 is 13.4. The van der Waals surface area contributed by atoms with Gasteiger partial charge in [-0.3, -0.25) is 0 Å². The van der Waals surface area contributed by atoms with E-state index in [1.54, 1.807) is 30.0 Å². The molecule has 0 aliphatic carbocycles. The minimum absolute atomic E-state index is 0.460. The van der Waals surface area contributed by atoms with Gasteiger partial charge >= 0.3 is 0 Å². The number of hydrogen-bond donors (Lipinski definition) is 0. The number of benzene rings is 2. The lowest BCUT2D eigenvalue weighted by Crippen LogP contribution is -2.03. The lowest BCUT2D eigenvalue weighted by molar-refractivity contribution is 0.344. The molecule has 0 amide bonds. The van der Waals surface area contributed by atoms with Crippen LogP contribution in [-0.4, -0.2) is 39.7 Å². The van der Waals surface area contributed by atoms with Gasteiger partial charge in [0.2, 0.25) is 5.16 Å². The Kier molecular flexibility index (Phi) is 6.01. The number of nitrogens with zero attached hydrogens (tertiary/aromatic N) is 4. The summed E-state index contributed by atoms with van der Waals surface area (Å²) in [6, 6.07) is 12.6. The van der Waals surface area contributed by atoms with Crippen molar-refractivity contribution < 1.29 is 9.47 Å². The Hall–Kier alpha value is -1.96. The van der Waals surface area contributed by atoms with E-state index in [1.807, 2.05) is 24.3 Å². The van der Waals surface area contributed by atoms with E-state index in [1.165, 1.54) is 11.8 Å². The molecule has 0 fully saturated rings. The van der Waals surface area contributed by atoms with Crippen molar-refractivity contribution in [1.82, 2.24) is 20.2 Å². The molecule has 25 heavy (non-hydrogen) atoms. The zero-order chi connectivity index (χ0) is 17.6.